The van der Waals surface area contributed by atoms with Crippen LogP contribution < -0.4 is 10.5 Å². The van der Waals surface area contributed by atoms with Crippen molar-refractivity contribution in [2.45, 2.75) is 26.0 Å². The molecule has 1 atom stereocenters. The first kappa shape index (κ1) is 14.8. The second kappa shape index (κ2) is 6.72. The highest BCUT2D eigenvalue weighted by molar-refractivity contribution is 5.97. The molecule has 3 N–H and O–H groups in total. The number of benzene rings is 1. The first-order valence-corrected chi connectivity index (χ1v) is 6.99. The fraction of sp³-hybridized carbons (Fsp3) is 0.533. The van der Waals surface area contributed by atoms with E-state index in [0.717, 1.165) is 38.2 Å². The van der Waals surface area contributed by atoms with Gasteiger partial charge < -0.3 is 15.2 Å². The molecule has 1 aromatic rings. The minimum atomic E-state index is 0.0390. The normalized spacial score (nSPS) is 19.8. The molecule has 0 bridgehead atoms. The maximum absolute atomic E-state index is 7.62. The van der Waals surface area contributed by atoms with Gasteiger partial charge in [-0.15, -0.1) is 0 Å². The van der Waals surface area contributed by atoms with E-state index in [1.165, 1.54) is 0 Å². The summed E-state index contributed by atoms with van der Waals surface area (Å²) in [5, 5.41) is 7.62. The van der Waals surface area contributed by atoms with Crippen LogP contribution in [0.25, 0.3) is 0 Å². The van der Waals surface area contributed by atoms with Crippen LogP contribution in [0.15, 0.2) is 18.2 Å². The van der Waals surface area contributed by atoms with Crippen LogP contribution in [0.3, 0.4) is 0 Å². The summed E-state index contributed by atoms with van der Waals surface area (Å²) in [6.45, 7) is 5.68. The van der Waals surface area contributed by atoms with Gasteiger partial charge in [-0.05, 0) is 24.1 Å². The molecular formula is C15H23N3O2. The number of hydrogen-bond donors (Lipinski definition) is 2. The Balaban J connectivity index is 2.09. The van der Waals surface area contributed by atoms with Gasteiger partial charge in [-0.25, -0.2) is 0 Å². The largest absolute Gasteiger partial charge is 0.496 e. The van der Waals surface area contributed by atoms with E-state index in [0.29, 0.717) is 17.4 Å². The lowest BCUT2D eigenvalue weighted by atomic mass is 10.1. The van der Waals surface area contributed by atoms with Crippen molar-refractivity contribution in [2.24, 2.45) is 5.73 Å². The minimum absolute atomic E-state index is 0.0390. The Morgan fingerprint density at radius 1 is 1.55 bits per heavy atom. The van der Waals surface area contributed by atoms with Crippen LogP contribution in [-0.2, 0) is 11.3 Å². The van der Waals surface area contributed by atoms with Crippen molar-refractivity contribution < 1.29 is 9.47 Å². The van der Waals surface area contributed by atoms with Gasteiger partial charge >= 0.3 is 0 Å². The minimum Gasteiger partial charge on any atom is -0.496 e. The number of nitrogens with zero attached hydrogens (tertiary/aromatic N) is 1. The van der Waals surface area contributed by atoms with E-state index in [4.69, 9.17) is 20.6 Å². The highest BCUT2D eigenvalue weighted by Crippen LogP contribution is 2.21. The Bertz CT molecular complexity index is 476. The molecule has 0 aromatic heterocycles. The van der Waals surface area contributed by atoms with E-state index in [9.17, 15) is 0 Å². The zero-order valence-electron chi connectivity index (χ0n) is 12.2. The predicted molar refractivity (Wildman–Crippen MR) is 79.3 cm³/mol. The van der Waals surface area contributed by atoms with Crippen LogP contribution in [0.1, 0.15) is 24.5 Å². The van der Waals surface area contributed by atoms with Gasteiger partial charge in [0, 0.05) is 19.6 Å². The summed E-state index contributed by atoms with van der Waals surface area (Å²) in [5.74, 6) is 0.687. The average Bonchev–Trinajstić information content (AvgIpc) is 2.47. The van der Waals surface area contributed by atoms with Crippen molar-refractivity contribution in [1.29, 1.82) is 5.41 Å². The molecule has 1 fully saturated rings. The molecule has 5 nitrogen and oxygen atoms in total. The zero-order valence-corrected chi connectivity index (χ0v) is 12.2. The summed E-state index contributed by atoms with van der Waals surface area (Å²) in [6, 6.07) is 5.85. The number of ether oxygens (including phenoxy) is 2. The second-order valence-corrected chi connectivity index (χ2v) is 5.08. The lowest BCUT2D eigenvalue weighted by molar-refractivity contribution is -0.0324. The Morgan fingerprint density at radius 3 is 3.00 bits per heavy atom. The smallest absolute Gasteiger partial charge is 0.129 e. The molecule has 0 radical (unpaired) electrons. The van der Waals surface area contributed by atoms with Crippen molar-refractivity contribution >= 4 is 5.84 Å². The summed E-state index contributed by atoms with van der Waals surface area (Å²) in [6.07, 6.45) is 1.37. The summed E-state index contributed by atoms with van der Waals surface area (Å²) < 4.78 is 10.9. The fourth-order valence-corrected chi connectivity index (χ4v) is 2.49. The molecule has 1 aromatic carbocycles. The van der Waals surface area contributed by atoms with E-state index in [1.807, 2.05) is 18.2 Å². The lowest BCUT2D eigenvalue weighted by Gasteiger charge is -2.32. The van der Waals surface area contributed by atoms with Crippen LogP contribution in [0.5, 0.6) is 5.75 Å². The molecule has 1 unspecified atom stereocenters. The number of methoxy groups -OCH3 is 1. The van der Waals surface area contributed by atoms with Crippen LogP contribution in [0.2, 0.25) is 0 Å². The standard InChI is InChI=1S/C15H23N3O2/c1-3-12-10-18(6-7-20-12)9-11-4-5-14(19-2)13(8-11)15(16)17/h4-5,8,12H,3,6-7,9-10H2,1-2H3,(H3,16,17). The van der Waals surface area contributed by atoms with Crippen LogP contribution in [-0.4, -0.2) is 43.6 Å². The molecule has 110 valence electrons. The first-order valence-electron chi connectivity index (χ1n) is 6.99. The topological polar surface area (TPSA) is 71.6 Å². The van der Waals surface area contributed by atoms with Crippen molar-refractivity contribution in [3.8, 4) is 5.75 Å². The highest BCUT2D eigenvalue weighted by Gasteiger charge is 2.19. The van der Waals surface area contributed by atoms with Gasteiger partial charge in [-0.1, -0.05) is 13.0 Å². The molecule has 1 saturated heterocycles. The van der Waals surface area contributed by atoms with Crippen molar-refractivity contribution in [3.63, 3.8) is 0 Å². The summed E-state index contributed by atoms with van der Waals surface area (Å²) >= 11 is 0. The van der Waals surface area contributed by atoms with Crippen molar-refractivity contribution in [3.05, 3.63) is 29.3 Å². The van der Waals surface area contributed by atoms with E-state index in [2.05, 4.69) is 11.8 Å². The number of nitrogens with two attached hydrogens (primary N) is 1. The molecule has 5 heteroatoms. The SMILES string of the molecule is CCC1CN(Cc2ccc(OC)c(C(=N)N)c2)CCO1. The Hall–Kier alpha value is -1.59. The quantitative estimate of drug-likeness (QED) is 0.633. The zero-order chi connectivity index (χ0) is 14.5. The van der Waals surface area contributed by atoms with Gasteiger partial charge in [0.25, 0.3) is 0 Å². The molecule has 20 heavy (non-hydrogen) atoms. The van der Waals surface area contributed by atoms with Crippen molar-refractivity contribution in [1.82, 2.24) is 4.90 Å². The molecule has 0 saturated carbocycles. The summed E-state index contributed by atoms with van der Waals surface area (Å²) in [5.41, 5.74) is 7.41. The highest BCUT2D eigenvalue weighted by atomic mass is 16.5. The fourth-order valence-electron chi connectivity index (χ4n) is 2.49. The third-order valence-corrected chi connectivity index (χ3v) is 3.64. The van der Waals surface area contributed by atoms with E-state index >= 15 is 0 Å². The number of hydrogen-bond acceptors (Lipinski definition) is 4. The van der Waals surface area contributed by atoms with Gasteiger partial charge in [0.2, 0.25) is 0 Å². The summed E-state index contributed by atoms with van der Waals surface area (Å²) in [4.78, 5) is 2.38. The predicted octanol–water partition coefficient (Wildman–Crippen LogP) is 1.59. The molecule has 0 spiro atoms. The molecular weight excluding hydrogens is 254 g/mol. The number of amidine groups is 1. The molecule has 0 aliphatic carbocycles. The van der Waals surface area contributed by atoms with E-state index in [1.54, 1.807) is 7.11 Å². The van der Waals surface area contributed by atoms with Crippen LogP contribution in [0.4, 0.5) is 0 Å². The Morgan fingerprint density at radius 2 is 2.35 bits per heavy atom. The first-order chi connectivity index (χ1) is 9.63. The number of morpholine rings is 1. The van der Waals surface area contributed by atoms with Crippen molar-refractivity contribution in [2.75, 3.05) is 26.8 Å². The lowest BCUT2D eigenvalue weighted by Crippen LogP contribution is -2.41. The molecule has 1 heterocycles. The van der Waals surface area contributed by atoms with Gasteiger partial charge in [-0.2, -0.15) is 0 Å². The Labute approximate surface area is 120 Å². The van der Waals surface area contributed by atoms with Crippen LogP contribution in [0, 0.1) is 5.41 Å². The third kappa shape index (κ3) is 3.49. The van der Waals surface area contributed by atoms with E-state index in [-0.39, 0.29) is 5.84 Å². The monoisotopic (exact) mass is 277 g/mol. The average molecular weight is 277 g/mol. The third-order valence-electron chi connectivity index (χ3n) is 3.64. The maximum Gasteiger partial charge on any atom is 0.129 e. The molecule has 1 aliphatic rings. The summed E-state index contributed by atoms with van der Waals surface area (Å²) in [7, 11) is 1.59. The molecule has 2 rings (SSSR count). The number of nitrogen functional groups attached to an aromatic ring is 1. The second-order valence-electron chi connectivity index (χ2n) is 5.08. The molecule has 1 aliphatic heterocycles. The number of rotatable bonds is 5. The Kier molecular flexibility index (Phi) is 4.98. The van der Waals surface area contributed by atoms with E-state index < -0.39 is 0 Å². The maximum atomic E-state index is 7.62. The van der Waals surface area contributed by atoms with Gasteiger partial charge in [0.1, 0.15) is 11.6 Å². The van der Waals surface area contributed by atoms with Gasteiger partial charge in [0.15, 0.2) is 0 Å². The van der Waals surface area contributed by atoms with Gasteiger partial charge in [-0.3, -0.25) is 10.3 Å². The number of nitrogens with one attached hydrogen (secondary N) is 1. The molecule has 0 amide bonds. The van der Waals surface area contributed by atoms with Crippen LogP contribution >= 0.6 is 0 Å². The van der Waals surface area contributed by atoms with Gasteiger partial charge in [0.05, 0.1) is 25.4 Å².